The zero-order chi connectivity index (χ0) is 14.6. The van der Waals surface area contributed by atoms with E-state index in [1.54, 1.807) is 0 Å². The van der Waals surface area contributed by atoms with Crippen molar-refractivity contribution >= 4 is 42.1 Å². The van der Waals surface area contributed by atoms with Gasteiger partial charge in [-0.3, -0.25) is 0 Å². The lowest BCUT2D eigenvalue weighted by Crippen LogP contribution is -2.34. The Hall–Kier alpha value is 0.234. The Morgan fingerprint density at radius 3 is 1.33 bits per heavy atom. The Morgan fingerprint density at radius 2 is 1.17 bits per heavy atom. The molecule has 0 amide bonds. The van der Waals surface area contributed by atoms with E-state index in [0.717, 1.165) is 0 Å². The number of halogens is 2. The summed E-state index contributed by atoms with van der Waals surface area (Å²) < 4.78 is 0. The molecule has 18 heavy (non-hydrogen) atoms. The number of rotatable bonds is 1. The average molecular weight is 321 g/mol. The Kier molecular flexibility index (Phi) is 6.68. The lowest BCUT2D eigenvalue weighted by molar-refractivity contribution is 0.735. The molecule has 0 aliphatic rings. The summed E-state index contributed by atoms with van der Waals surface area (Å²) in [5, 5.41) is 1.64. The summed E-state index contributed by atoms with van der Waals surface area (Å²) in [5.74, 6) is 0. The van der Waals surface area contributed by atoms with E-state index in [1.165, 1.54) is 5.19 Å². The first kappa shape index (κ1) is 18.2. The Balaban J connectivity index is 0.000000331. The molecule has 0 heterocycles. The Labute approximate surface area is 124 Å². The lowest BCUT2D eigenvalue weighted by Gasteiger charge is -2.29. The van der Waals surface area contributed by atoms with Gasteiger partial charge in [0.05, 0.1) is 0 Å². The SMILES string of the molecule is CC(C)(C)[Si](C)(C)Cl.C[Si](C)(Cl)c1ccccc1. The van der Waals surface area contributed by atoms with Crippen LogP contribution in [0.2, 0.25) is 31.2 Å². The molecule has 1 aromatic carbocycles. The first-order valence-electron chi connectivity index (χ1n) is 6.29. The molecule has 0 fully saturated rings. The average Bonchev–Trinajstić information content (AvgIpc) is 2.15. The maximum absolute atomic E-state index is 6.20. The van der Waals surface area contributed by atoms with Gasteiger partial charge in [0.2, 0.25) is 0 Å². The molecule has 0 saturated carbocycles. The van der Waals surface area contributed by atoms with Crippen molar-refractivity contribution in [3.8, 4) is 0 Å². The van der Waals surface area contributed by atoms with Crippen molar-refractivity contribution in [3.63, 3.8) is 0 Å². The first-order chi connectivity index (χ1) is 7.86. The third-order valence-corrected chi connectivity index (χ3v) is 10.9. The summed E-state index contributed by atoms with van der Waals surface area (Å²) >= 11 is 12.3. The van der Waals surface area contributed by atoms with E-state index in [0.29, 0.717) is 5.04 Å². The van der Waals surface area contributed by atoms with E-state index >= 15 is 0 Å². The minimum atomic E-state index is -1.56. The van der Waals surface area contributed by atoms with Crippen molar-refractivity contribution in [2.75, 3.05) is 0 Å². The van der Waals surface area contributed by atoms with Crippen LogP contribution in [0.3, 0.4) is 0 Å². The molecule has 0 unspecified atom stereocenters. The molecule has 0 N–H and O–H groups in total. The van der Waals surface area contributed by atoms with E-state index in [-0.39, 0.29) is 0 Å². The summed E-state index contributed by atoms with van der Waals surface area (Å²) in [6.45, 7) is 15.2. The molecular formula is C14H26Cl2Si2. The van der Waals surface area contributed by atoms with Gasteiger partial charge in [0.1, 0.15) is 0 Å². The smallest absolute Gasteiger partial charge is 0.167 e. The van der Waals surface area contributed by atoms with Gasteiger partial charge in [-0.2, -0.15) is 22.2 Å². The minimum Gasteiger partial charge on any atom is -0.167 e. The summed E-state index contributed by atoms with van der Waals surface area (Å²) in [5.41, 5.74) is 0. The maximum Gasteiger partial charge on any atom is 0.180 e. The highest BCUT2D eigenvalue weighted by Gasteiger charge is 2.32. The molecule has 0 aliphatic heterocycles. The van der Waals surface area contributed by atoms with E-state index in [9.17, 15) is 0 Å². The van der Waals surface area contributed by atoms with Crippen LogP contribution in [0.15, 0.2) is 30.3 Å². The van der Waals surface area contributed by atoms with Crippen LogP contribution in [-0.2, 0) is 0 Å². The fourth-order valence-corrected chi connectivity index (χ4v) is 2.20. The highest BCUT2D eigenvalue weighted by Crippen LogP contribution is 2.38. The largest absolute Gasteiger partial charge is 0.180 e. The lowest BCUT2D eigenvalue weighted by atomic mass is 10.2. The van der Waals surface area contributed by atoms with E-state index in [2.05, 4.69) is 59.1 Å². The second-order valence-electron chi connectivity index (χ2n) is 6.56. The van der Waals surface area contributed by atoms with Gasteiger partial charge < -0.3 is 0 Å². The minimum absolute atomic E-state index is 0.342. The Bertz CT molecular complexity index is 331. The number of benzene rings is 1. The van der Waals surface area contributed by atoms with Gasteiger partial charge in [-0.25, -0.2) is 0 Å². The molecule has 0 saturated heterocycles. The molecular weight excluding hydrogens is 295 g/mol. The van der Waals surface area contributed by atoms with Gasteiger partial charge in [0.15, 0.2) is 14.8 Å². The van der Waals surface area contributed by atoms with Crippen molar-refractivity contribution in [2.45, 2.75) is 52.0 Å². The zero-order valence-electron chi connectivity index (χ0n) is 12.6. The highest BCUT2D eigenvalue weighted by molar-refractivity contribution is 7.26. The van der Waals surface area contributed by atoms with Gasteiger partial charge in [0, 0.05) is 0 Å². The molecule has 1 rings (SSSR count). The molecule has 0 aromatic heterocycles. The number of hydrogen-bond donors (Lipinski definition) is 0. The van der Waals surface area contributed by atoms with E-state index in [1.807, 2.05) is 18.2 Å². The molecule has 4 heteroatoms. The quantitative estimate of drug-likeness (QED) is 0.469. The summed E-state index contributed by atoms with van der Waals surface area (Å²) in [6.07, 6.45) is 0. The first-order valence-corrected chi connectivity index (χ1v) is 14.3. The van der Waals surface area contributed by atoms with Crippen molar-refractivity contribution in [1.29, 1.82) is 0 Å². The normalized spacial score (nSPS) is 12.7. The van der Waals surface area contributed by atoms with Crippen LogP contribution >= 0.6 is 22.2 Å². The molecule has 0 bridgehead atoms. The molecule has 1 aromatic rings. The van der Waals surface area contributed by atoms with Crippen LogP contribution in [0.5, 0.6) is 0 Å². The van der Waals surface area contributed by atoms with Crippen LogP contribution < -0.4 is 5.19 Å². The summed E-state index contributed by atoms with van der Waals surface area (Å²) in [6, 6.07) is 10.3. The zero-order valence-corrected chi connectivity index (χ0v) is 16.2. The topological polar surface area (TPSA) is 0 Å². The Morgan fingerprint density at radius 1 is 0.833 bits per heavy atom. The van der Waals surface area contributed by atoms with E-state index < -0.39 is 14.8 Å². The standard InChI is InChI=1S/C8H11ClSi.C6H15ClSi/c1-10(2,9)8-6-4-3-5-7-8;1-6(2,3)8(4,5)7/h3-7H,1-2H3;1-5H3. The molecule has 0 nitrogen and oxygen atoms in total. The predicted octanol–water partition coefficient (Wildman–Crippen LogP) is 5.57. The summed E-state index contributed by atoms with van der Waals surface area (Å²) in [4.78, 5) is 0. The molecule has 0 atom stereocenters. The third-order valence-electron chi connectivity index (χ3n) is 3.24. The van der Waals surface area contributed by atoms with Crippen molar-refractivity contribution in [3.05, 3.63) is 30.3 Å². The predicted molar refractivity (Wildman–Crippen MR) is 92.5 cm³/mol. The summed E-state index contributed by atoms with van der Waals surface area (Å²) in [7, 11) is -2.95. The van der Waals surface area contributed by atoms with E-state index in [4.69, 9.17) is 22.2 Å². The van der Waals surface area contributed by atoms with Crippen molar-refractivity contribution in [1.82, 2.24) is 0 Å². The maximum atomic E-state index is 6.20. The van der Waals surface area contributed by atoms with Gasteiger partial charge in [0.25, 0.3) is 0 Å². The fourth-order valence-electron chi connectivity index (χ4n) is 0.834. The van der Waals surface area contributed by atoms with Gasteiger partial charge >= 0.3 is 0 Å². The second kappa shape index (κ2) is 6.60. The number of hydrogen-bond acceptors (Lipinski definition) is 0. The second-order valence-corrected chi connectivity index (χ2v) is 20.2. The molecule has 0 radical (unpaired) electrons. The fraction of sp³-hybridized carbons (Fsp3) is 0.571. The van der Waals surface area contributed by atoms with Crippen LogP contribution in [0.25, 0.3) is 0 Å². The van der Waals surface area contributed by atoms with Gasteiger partial charge in [-0.05, 0) is 10.2 Å². The van der Waals surface area contributed by atoms with Gasteiger partial charge in [-0.1, -0.05) is 77.3 Å². The molecule has 0 spiro atoms. The third kappa shape index (κ3) is 6.98. The highest BCUT2D eigenvalue weighted by atomic mass is 35.6. The van der Waals surface area contributed by atoms with Crippen LogP contribution in [-0.4, -0.2) is 14.8 Å². The monoisotopic (exact) mass is 320 g/mol. The molecule has 0 aliphatic carbocycles. The van der Waals surface area contributed by atoms with Crippen molar-refractivity contribution < 1.29 is 0 Å². The molecule has 104 valence electrons. The van der Waals surface area contributed by atoms with Crippen molar-refractivity contribution in [2.24, 2.45) is 0 Å². The van der Waals surface area contributed by atoms with Crippen LogP contribution in [0.4, 0.5) is 0 Å². The van der Waals surface area contributed by atoms with Gasteiger partial charge in [-0.15, -0.1) is 0 Å². The van der Waals surface area contributed by atoms with Crippen LogP contribution in [0, 0.1) is 0 Å². The van der Waals surface area contributed by atoms with Crippen LogP contribution in [0.1, 0.15) is 20.8 Å².